The molecule has 0 aliphatic heterocycles. The molecular weight excluding hydrogens is 275 g/mol. The largest absolute Gasteiger partial charge is 2.00 e. The third-order valence-corrected chi connectivity index (χ3v) is 0. The standard InChI is InChI=1S/2CHNSe.Zn/c2*2-1-3;/h2*3H;/q;;+2/p-2. The van der Waals surface area contributed by atoms with E-state index < -0.39 is 0 Å². The van der Waals surface area contributed by atoms with Crippen molar-refractivity contribution >= 4 is 32.0 Å². The number of rotatable bonds is 0. The van der Waals surface area contributed by atoms with Gasteiger partial charge in [-0.1, -0.05) is 0 Å². The molecule has 32 valence electrons. The topological polar surface area (TPSA) is 47.6 Å². The van der Waals surface area contributed by atoms with E-state index in [2.05, 4.69) is 32.0 Å². The zero-order valence-electron chi connectivity index (χ0n) is 3.42. The van der Waals surface area contributed by atoms with Gasteiger partial charge in [0.1, 0.15) is 0 Å². The summed E-state index contributed by atoms with van der Waals surface area (Å²) < 4.78 is 0. The maximum absolute atomic E-state index is 7.26. The smallest absolute Gasteiger partial charge is 2.00 e. The Labute approximate surface area is 71.6 Å². The first kappa shape index (κ1) is 15.6. The molecule has 0 unspecified atom stereocenters. The van der Waals surface area contributed by atoms with Gasteiger partial charge in [-0.05, 0) is 0 Å². The molecule has 5 heteroatoms. The van der Waals surface area contributed by atoms with Gasteiger partial charge >= 0.3 is 72.0 Å². The first-order chi connectivity index (χ1) is 2.83. The van der Waals surface area contributed by atoms with Crippen molar-refractivity contribution in [3.8, 4) is 9.94 Å². The van der Waals surface area contributed by atoms with Crippen LogP contribution in [-0.4, -0.2) is 32.0 Å². The molecule has 0 aromatic rings. The molecule has 0 amide bonds. The fraction of sp³-hybridized carbons (Fsp3) is 0. The van der Waals surface area contributed by atoms with Gasteiger partial charge in [0.15, 0.2) is 0 Å². The van der Waals surface area contributed by atoms with Crippen LogP contribution in [0, 0.1) is 20.5 Å². The van der Waals surface area contributed by atoms with Crippen LogP contribution in [0.5, 0.6) is 0 Å². The summed E-state index contributed by atoms with van der Waals surface area (Å²) in [6, 6.07) is 0. The molecule has 7 heavy (non-hydrogen) atoms. The molecule has 0 radical (unpaired) electrons. The van der Waals surface area contributed by atoms with Crippen LogP contribution in [0.3, 0.4) is 0 Å². The van der Waals surface area contributed by atoms with E-state index in [1.807, 2.05) is 0 Å². The Morgan fingerprint density at radius 1 is 1.00 bits per heavy atom. The molecule has 0 bridgehead atoms. The van der Waals surface area contributed by atoms with Crippen molar-refractivity contribution in [2.75, 3.05) is 0 Å². The summed E-state index contributed by atoms with van der Waals surface area (Å²) in [5.41, 5.74) is 0. The normalized spacial score (nSPS) is 2.00. The molecule has 0 fully saturated rings. The Hall–Kier alpha value is 0.642. The molecule has 0 aliphatic rings. The predicted octanol–water partition coefficient (Wildman–Crippen LogP) is -0.731. The molecule has 0 rings (SSSR count). The van der Waals surface area contributed by atoms with Crippen molar-refractivity contribution in [3.63, 3.8) is 0 Å². The number of hydrogen-bond donors (Lipinski definition) is 0. The molecule has 0 heterocycles. The van der Waals surface area contributed by atoms with Crippen LogP contribution in [0.15, 0.2) is 0 Å². The van der Waals surface area contributed by atoms with E-state index in [1.54, 1.807) is 9.94 Å². The average molecular weight is 275 g/mol. The van der Waals surface area contributed by atoms with E-state index in [9.17, 15) is 0 Å². The molecule has 2 nitrogen and oxygen atoms in total. The summed E-state index contributed by atoms with van der Waals surface area (Å²) in [5.74, 6) is 0. The van der Waals surface area contributed by atoms with Gasteiger partial charge in [0.2, 0.25) is 0 Å². The summed E-state index contributed by atoms with van der Waals surface area (Å²) in [6.45, 7) is 0. The minimum absolute atomic E-state index is 0. The van der Waals surface area contributed by atoms with Crippen LogP contribution in [0.4, 0.5) is 0 Å². The zero-order chi connectivity index (χ0) is 5.41. The molecule has 0 saturated heterocycles. The second-order valence-corrected chi connectivity index (χ2v) is 0.949. The minimum atomic E-state index is 0. The zero-order valence-corrected chi connectivity index (χ0v) is 9.81. The number of nitriles is 2. The SMILES string of the molecule is N#C[Se-].N#C[Se-].[Zn+2]. The summed E-state index contributed by atoms with van der Waals surface area (Å²) in [4.78, 5) is 3.25. The Kier molecular flexibility index (Phi) is 67.7. The van der Waals surface area contributed by atoms with Crippen LogP contribution in [-0.2, 0) is 19.5 Å². The van der Waals surface area contributed by atoms with Gasteiger partial charge in [-0.3, -0.25) is 0 Å². The number of hydrogen-bond acceptors (Lipinski definition) is 2. The van der Waals surface area contributed by atoms with Gasteiger partial charge in [-0.2, -0.15) is 0 Å². The molecular formula is C2N2Se2Zn. The van der Waals surface area contributed by atoms with E-state index >= 15 is 0 Å². The van der Waals surface area contributed by atoms with E-state index in [0.717, 1.165) is 0 Å². The van der Waals surface area contributed by atoms with Gasteiger partial charge in [0.05, 0.1) is 0 Å². The third-order valence-electron chi connectivity index (χ3n) is 0. The van der Waals surface area contributed by atoms with Crippen LogP contribution >= 0.6 is 0 Å². The predicted molar refractivity (Wildman–Crippen MR) is 22.7 cm³/mol. The fourth-order valence-electron chi connectivity index (χ4n) is 0. The van der Waals surface area contributed by atoms with Crippen molar-refractivity contribution < 1.29 is 19.5 Å². The maximum atomic E-state index is 7.26. The Balaban J connectivity index is -0.0000000400. The van der Waals surface area contributed by atoms with Gasteiger partial charge in [0.25, 0.3) is 0 Å². The van der Waals surface area contributed by atoms with E-state index in [-0.39, 0.29) is 19.5 Å². The Morgan fingerprint density at radius 2 is 1.00 bits per heavy atom. The van der Waals surface area contributed by atoms with Crippen LogP contribution in [0.25, 0.3) is 0 Å². The summed E-state index contributed by atoms with van der Waals surface area (Å²) in [6.07, 6.45) is 0. The molecule has 0 saturated carbocycles. The van der Waals surface area contributed by atoms with Crippen molar-refractivity contribution in [2.45, 2.75) is 0 Å². The molecule has 0 atom stereocenters. The number of nitrogens with zero attached hydrogens (tertiary/aromatic N) is 2. The Morgan fingerprint density at radius 3 is 1.00 bits per heavy atom. The molecule has 0 spiro atoms. The van der Waals surface area contributed by atoms with Gasteiger partial charge in [-0.15, -0.1) is 0 Å². The van der Waals surface area contributed by atoms with Crippen molar-refractivity contribution in [1.29, 1.82) is 10.5 Å². The third kappa shape index (κ3) is 347. The minimum Gasteiger partial charge on any atom is 2.00 e. The first-order valence-corrected chi connectivity index (χ1v) is 2.57. The second kappa shape index (κ2) is 30.3. The molecule has 0 aliphatic carbocycles. The molecule has 0 aromatic carbocycles. The van der Waals surface area contributed by atoms with E-state index in [4.69, 9.17) is 10.5 Å². The summed E-state index contributed by atoms with van der Waals surface area (Å²) >= 11 is 4.22. The van der Waals surface area contributed by atoms with Gasteiger partial charge in [-0.25, -0.2) is 0 Å². The van der Waals surface area contributed by atoms with Crippen molar-refractivity contribution in [1.82, 2.24) is 0 Å². The van der Waals surface area contributed by atoms with E-state index in [1.165, 1.54) is 0 Å². The molecule has 0 aromatic heterocycles. The van der Waals surface area contributed by atoms with Gasteiger partial charge < -0.3 is 0 Å². The van der Waals surface area contributed by atoms with Crippen LogP contribution < -0.4 is 0 Å². The summed E-state index contributed by atoms with van der Waals surface area (Å²) in [5, 5.41) is 14.5. The van der Waals surface area contributed by atoms with Crippen molar-refractivity contribution in [3.05, 3.63) is 0 Å². The average Bonchev–Trinajstić information content (AvgIpc) is 1.39. The second-order valence-electron chi connectivity index (χ2n) is 0.183. The van der Waals surface area contributed by atoms with Crippen LogP contribution in [0.1, 0.15) is 0 Å². The van der Waals surface area contributed by atoms with Gasteiger partial charge in [0, 0.05) is 0 Å². The fourth-order valence-corrected chi connectivity index (χ4v) is 0. The van der Waals surface area contributed by atoms with Crippen molar-refractivity contribution in [2.24, 2.45) is 0 Å². The van der Waals surface area contributed by atoms with Crippen LogP contribution in [0.2, 0.25) is 0 Å². The molecule has 0 N–H and O–H groups in total. The maximum Gasteiger partial charge on any atom is 2.00 e. The van der Waals surface area contributed by atoms with E-state index in [0.29, 0.717) is 0 Å². The summed E-state index contributed by atoms with van der Waals surface area (Å²) in [7, 11) is 0. The first-order valence-electron chi connectivity index (χ1n) is 0.855. The monoisotopic (exact) mass is 276 g/mol. The quantitative estimate of drug-likeness (QED) is 0.547. The Bertz CT molecular complexity index is 68.7.